The van der Waals surface area contributed by atoms with Crippen LogP contribution in [0.25, 0.3) is 0 Å². The van der Waals surface area contributed by atoms with E-state index < -0.39 is 10.0 Å². The van der Waals surface area contributed by atoms with Crippen molar-refractivity contribution in [2.45, 2.75) is 56.9 Å². The number of nitrogens with one attached hydrogen (secondary N) is 1. The summed E-state index contributed by atoms with van der Waals surface area (Å²) in [5.74, 6) is 0. The zero-order valence-electron chi connectivity index (χ0n) is 11.4. The number of hydrogen-bond donors (Lipinski definition) is 1. The maximum Gasteiger partial charge on any atom is 0.242 e. The molecule has 0 aliphatic rings. The van der Waals surface area contributed by atoms with Crippen molar-refractivity contribution in [1.82, 2.24) is 9.71 Å². The molecular weight excluding hydrogens is 284 g/mol. The molecule has 0 saturated carbocycles. The molecule has 1 unspecified atom stereocenters. The first kappa shape index (κ1) is 16.4. The lowest BCUT2D eigenvalue weighted by atomic mass is 10.1. The maximum atomic E-state index is 12.2. The van der Waals surface area contributed by atoms with Crippen molar-refractivity contribution < 1.29 is 8.42 Å². The number of hydrogen-bond acceptors (Lipinski definition) is 3. The molecule has 0 bridgehead atoms. The number of aromatic nitrogens is 1. The van der Waals surface area contributed by atoms with Crippen molar-refractivity contribution in [2.75, 3.05) is 0 Å². The van der Waals surface area contributed by atoms with Crippen LogP contribution >= 0.6 is 11.6 Å². The fourth-order valence-electron chi connectivity index (χ4n) is 1.87. The summed E-state index contributed by atoms with van der Waals surface area (Å²) in [7, 11) is -3.50. The van der Waals surface area contributed by atoms with E-state index in [4.69, 9.17) is 11.6 Å². The van der Waals surface area contributed by atoms with Crippen LogP contribution in [0.4, 0.5) is 0 Å². The predicted octanol–water partition coefficient (Wildman–Crippen LogP) is 3.37. The van der Waals surface area contributed by atoms with Crippen molar-refractivity contribution in [1.29, 1.82) is 0 Å². The number of halogens is 1. The van der Waals surface area contributed by atoms with Crippen molar-refractivity contribution in [2.24, 2.45) is 0 Å². The molecule has 0 spiro atoms. The summed E-state index contributed by atoms with van der Waals surface area (Å²) in [4.78, 5) is 3.97. The van der Waals surface area contributed by atoms with E-state index in [2.05, 4.69) is 23.6 Å². The first-order valence-corrected chi connectivity index (χ1v) is 8.49. The molecule has 1 atom stereocenters. The van der Waals surface area contributed by atoms with Gasteiger partial charge in [-0.25, -0.2) is 18.1 Å². The van der Waals surface area contributed by atoms with E-state index in [0.29, 0.717) is 0 Å². The van der Waals surface area contributed by atoms with E-state index in [1.54, 1.807) is 0 Å². The Labute approximate surface area is 120 Å². The monoisotopic (exact) mass is 304 g/mol. The molecule has 0 aromatic carbocycles. The van der Waals surface area contributed by atoms with E-state index in [9.17, 15) is 8.42 Å². The molecular formula is C13H21ClN2O2S. The second kappa shape index (κ2) is 7.82. The van der Waals surface area contributed by atoms with Gasteiger partial charge in [0.2, 0.25) is 10.0 Å². The number of sulfonamides is 1. The van der Waals surface area contributed by atoms with Gasteiger partial charge in [-0.2, -0.15) is 0 Å². The topological polar surface area (TPSA) is 59.1 Å². The Bertz CT molecular complexity index is 474. The van der Waals surface area contributed by atoms with E-state index in [1.165, 1.54) is 18.3 Å². The minimum absolute atomic E-state index is 0.00868. The highest BCUT2D eigenvalue weighted by Gasteiger charge is 2.19. The van der Waals surface area contributed by atoms with E-state index >= 15 is 0 Å². The third kappa shape index (κ3) is 5.47. The summed E-state index contributed by atoms with van der Waals surface area (Å²) in [6.45, 7) is 4.15. The van der Waals surface area contributed by atoms with Gasteiger partial charge in [0.25, 0.3) is 0 Å². The molecule has 6 heteroatoms. The van der Waals surface area contributed by atoms with Crippen LogP contribution in [0.3, 0.4) is 0 Å². The Morgan fingerprint density at radius 3 is 2.53 bits per heavy atom. The standard InChI is InChI=1S/C13H21ClN2O2S/c1-3-5-7-11(6-4-2)16-19(17,18)12-8-9-13(14)15-10-12/h8-11,16H,3-7H2,1-2H3. The van der Waals surface area contributed by atoms with Gasteiger partial charge in [-0.05, 0) is 25.0 Å². The van der Waals surface area contributed by atoms with Gasteiger partial charge < -0.3 is 0 Å². The third-order valence-electron chi connectivity index (χ3n) is 2.88. The van der Waals surface area contributed by atoms with Crippen LogP contribution in [0.2, 0.25) is 5.15 Å². The molecule has 1 rings (SSSR count). The van der Waals surface area contributed by atoms with Gasteiger partial charge in [0.15, 0.2) is 0 Å². The van der Waals surface area contributed by atoms with Crippen LogP contribution in [0.5, 0.6) is 0 Å². The second-order valence-electron chi connectivity index (χ2n) is 4.57. The quantitative estimate of drug-likeness (QED) is 0.749. The number of unbranched alkanes of at least 4 members (excludes halogenated alkanes) is 1. The normalized spacial score (nSPS) is 13.4. The molecule has 19 heavy (non-hydrogen) atoms. The summed E-state index contributed by atoms with van der Waals surface area (Å²) in [6.07, 6.45) is 6.03. The third-order valence-corrected chi connectivity index (χ3v) is 4.60. The van der Waals surface area contributed by atoms with Gasteiger partial charge in [-0.3, -0.25) is 0 Å². The fraction of sp³-hybridized carbons (Fsp3) is 0.615. The highest BCUT2D eigenvalue weighted by Crippen LogP contribution is 2.14. The Kier molecular flexibility index (Phi) is 6.75. The molecule has 1 aromatic rings. The van der Waals surface area contributed by atoms with Gasteiger partial charge in [-0.1, -0.05) is 44.7 Å². The molecule has 4 nitrogen and oxygen atoms in total. The summed E-state index contributed by atoms with van der Waals surface area (Å²) < 4.78 is 27.1. The van der Waals surface area contributed by atoms with Gasteiger partial charge in [0.1, 0.15) is 10.0 Å². The SMILES string of the molecule is CCCCC(CCC)NS(=O)(=O)c1ccc(Cl)nc1. The summed E-state index contributed by atoms with van der Waals surface area (Å²) in [5.41, 5.74) is 0. The van der Waals surface area contributed by atoms with E-state index in [-0.39, 0.29) is 16.1 Å². The first-order valence-electron chi connectivity index (χ1n) is 6.63. The van der Waals surface area contributed by atoms with Gasteiger partial charge in [0, 0.05) is 12.2 Å². The van der Waals surface area contributed by atoms with E-state index in [0.717, 1.165) is 32.1 Å². The van der Waals surface area contributed by atoms with Crippen LogP contribution in [0, 0.1) is 0 Å². The minimum Gasteiger partial charge on any atom is -0.243 e. The molecule has 1 aromatic heterocycles. The lowest BCUT2D eigenvalue weighted by Crippen LogP contribution is -2.34. The van der Waals surface area contributed by atoms with Crippen LogP contribution in [0.15, 0.2) is 23.2 Å². The largest absolute Gasteiger partial charge is 0.243 e. The van der Waals surface area contributed by atoms with Gasteiger partial charge in [-0.15, -0.1) is 0 Å². The Morgan fingerprint density at radius 2 is 2.00 bits per heavy atom. The fourth-order valence-corrected chi connectivity index (χ4v) is 3.23. The molecule has 0 radical (unpaired) electrons. The van der Waals surface area contributed by atoms with Crippen molar-refractivity contribution in [3.05, 3.63) is 23.5 Å². The van der Waals surface area contributed by atoms with Crippen molar-refractivity contribution in [3.8, 4) is 0 Å². The van der Waals surface area contributed by atoms with Crippen LogP contribution in [-0.4, -0.2) is 19.4 Å². The summed E-state index contributed by atoms with van der Waals surface area (Å²) >= 11 is 5.66. The minimum atomic E-state index is -3.50. The molecule has 0 aliphatic heterocycles. The average molecular weight is 305 g/mol. The molecule has 0 aliphatic carbocycles. The lowest BCUT2D eigenvalue weighted by molar-refractivity contribution is 0.483. The molecule has 0 fully saturated rings. The Morgan fingerprint density at radius 1 is 1.26 bits per heavy atom. The number of rotatable bonds is 8. The zero-order valence-corrected chi connectivity index (χ0v) is 13.0. The highest BCUT2D eigenvalue weighted by molar-refractivity contribution is 7.89. The van der Waals surface area contributed by atoms with Crippen LogP contribution in [-0.2, 0) is 10.0 Å². The number of nitrogens with zero attached hydrogens (tertiary/aromatic N) is 1. The highest BCUT2D eigenvalue weighted by atomic mass is 35.5. The zero-order chi connectivity index (χ0) is 14.3. The number of pyridine rings is 1. The first-order chi connectivity index (χ1) is 8.99. The Balaban J connectivity index is 2.78. The second-order valence-corrected chi connectivity index (χ2v) is 6.67. The van der Waals surface area contributed by atoms with Crippen LogP contribution in [0.1, 0.15) is 46.0 Å². The molecule has 1 N–H and O–H groups in total. The maximum absolute atomic E-state index is 12.2. The molecule has 1 heterocycles. The predicted molar refractivity (Wildman–Crippen MR) is 77.8 cm³/mol. The molecule has 0 saturated heterocycles. The van der Waals surface area contributed by atoms with Gasteiger partial charge >= 0.3 is 0 Å². The smallest absolute Gasteiger partial charge is 0.242 e. The Hall–Kier alpha value is -0.650. The average Bonchev–Trinajstić information content (AvgIpc) is 2.36. The molecule has 108 valence electrons. The van der Waals surface area contributed by atoms with Crippen molar-refractivity contribution in [3.63, 3.8) is 0 Å². The van der Waals surface area contributed by atoms with Gasteiger partial charge in [0.05, 0.1) is 0 Å². The summed E-state index contributed by atoms with van der Waals surface area (Å²) in [6, 6.07) is 2.95. The van der Waals surface area contributed by atoms with Crippen LogP contribution < -0.4 is 4.72 Å². The van der Waals surface area contributed by atoms with Crippen molar-refractivity contribution >= 4 is 21.6 Å². The molecule has 0 amide bonds. The lowest BCUT2D eigenvalue weighted by Gasteiger charge is -2.17. The van der Waals surface area contributed by atoms with E-state index in [1.807, 2.05) is 0 Å². The summed E-state index contributed by atoms with van der Waals surface area (Å²) in [5, 5.41) is 0.287.